The van der Waals surface area contributed by atoms with Gasteiger partial charge in [-0.2, -0.15) is 0 Å². The zero-order valence-corrected chi connectivity index (χ0v) is 11.5. The maximum atomic E-state index is 11.4. The molecule has 0 atom stereocenters. The van der Waals surface area contributed by atoms with Crippen molar-refractivity contribution in [2.24, 2.45) is 0 Å². The molecule has 1 N–H and O–H groups in total. The van der Waals surface area contributed by atoms with Crippen LogP contribution in [0.1, 0.15) is 31.3 Å². The van der Waals surface area contributed by atoms with Crippen molar-refractivity contribution in [3.63, 3.8) is 0 Å². The molecule has 0 spiro atoms. The van der Waals surface area contributed by atoms with E-state index in [0.29, 0.717) is 13.1 Å². The summed E-state index contributed by atoms with van der Waals surface area (Å²) in [6, 6.07) is 0. The van der Waals surface area contributed by atoms with E-state index < -0.39 is 17.7 Å². The molecular formula is C11H18N4O4. The second kappa shape index (κ2) is 6.17. The van der Waals surface area contributed by atoms with Crippen LogP contribution < -0.4 is 5.32 Å². The summed E-state index contributed by atoms with van der Waals surface area (Å²) in [5.74, 6) is -0.550. The van der Waals surface area contributed by atoms with Crippen molar-refractivity contribution in [2.45, 2.75) is 32.9 Å². The molecule has 1 aromatic rings. The van der Waals surface area contributed by atoms with Crippen LogP contribution in [0.3, 0.4) is 0 Å². The summed E-state index contributed by atoms with van der Waals surface area (Å²) in [6.45, 7) is 6.05. The quantitative estimate of drug-likeness (QED) is 0.804. The molecule has 0 fully saturated rings. The minimum absolute atomic E-state index is 0.125. The minimum Gasteiger partial charge on any atom is -0.464 e. The summed E-state index contributed by atoms with van der Waals surface area (Å²) in [5, 5.41) is 9.94. The molecule has 0 aliphatic heterocycles. The largest absolute Gasteiger partial charge is 0.464 e. The predicted octanol–water partition coefficient (Wildman–Crippen LogP) is 0.589. The predicted molar refractivity (Wildman–Crippen MR) is 65.6 cm³/mol. The number of nitrogens with one attached hydrogen (secondary N) is 1. The fraction of sp³-hybridized carbons (Fsp3) is 0.636. The van der Waals surface area contributed by atoms with Crippen molar-refractivity contribution in [1.82, 2.24) is 20.3 Å². The summed E-state index contributed by atoms with van der Waals surface area (Å²) in [7, 11) is 1.27. The zero-order valence-electron chi connectivity index (χ0n) is 11.5. The Morgan fingerprint density at radius 2 is 2.11 bits per heavy atom. The first-order valence-corrected chi connectivity index (χ1v) is 5.77. The number of aromatic nitrogens is 3. The molecule has 8 heteroatoms. The van der Waals surface area contributed by atoms with Crippen LogP contribution in [-0.4, -0.2) is 46.3 Å². The first-order chi connectivity index (χ1) is 8.81. The van der Waals surface area contributed by atoms with Crippen LogP contribution in [0.5, 0.6) is 0 Å². The number of amides is 1. The molecule has 0 aliphatic rings. The number of hydrogen-bond donors (Lipinski definition) is 1. The van der Waals surface area contributed by atoms with E-state index in [-0.39, 0.29) is 5.69 Å². The topological polar surface area (TPSA) is 95.3 Å². The molecule has 106 valence electrons. The van der Waals surface area contributed by atoms with Gasteiger partial charge in [0.05, 0.1) is 19.9 Å². The van der Waals surface area contributed by atoms with Gasteiger partial charge in [0.1, 0.15) is 5.60 Å². The van der Waals surface area contributed by atoms with Crippen LogP contribution in [0.25, 0.3) is 0 Å². The normalized spacial score (nSPS) is 10.9. The number of alkyl carbamates (subject to hydrolysis) is 1. The van der Waals surface area contributed by atoms with Crippen LogP contribution >= 0.6 is 0 Å². The molecule has 1 heterocycles. The second-order valence-electron chi connectivity index (χ2n) is 4.79. The van der Waals surface area contributed by atoms with E-state index in [2.05, 4.69) is 20.4 Å². The van der Waals surface area contributed by atoms with E-state index in [1.165, 1.54) is 18.0 Å². The van der Waals surface area contributed by atoms with Crippen LogP contribution in [0.15, 0.2) is 6.20 Å². The van der Waals surface area contributed by atoms with E-state index in [1.54, 1.807) is 20.8 Å². The van der Waals surface area contributed by atoms with E-state index in [4.69, 9.17) is 4.74 Å². The highest BCUT2D eigenvalue weighted by molar-refractivity contribution is 5.86. The van der Waals surface area contributed by atoms with Crippen molar-refractivity contribution in [1.29, 1.82) is 0 Å². The van der Waals surface area contributed by atoms with Gasteiger partial charge in [-0.25, -0.2) is 14.3 Å². The Hall–Kier alpha value is -2.12. The molecule has 1 amide bonds. The Labute approximate surface area is 111 Å². The highest BCUT2D eigenvalue weighted by atomic mass is 16.6. The summed E-state index contributed by atoms with van der Waals surface area (Å²) in [6.07, 6.45) is 0.948. The first-order valence-electron chi connectivity index (χ1n) is 5.77. The number of carbonyl (C=O) groups excluding carboxylic acids is 2. The van der Waals surface area contributed by atoms with Crippen molar-refractivity contribution in [3.8, 4) is 0 Å². The lowest BCUT2D eigenvalue weighted by atomic mass is 10.2. The van der Waals surface area contributed by atoms with Crippen molar-refractivity contribution >= 4 is 12.1 Å². The lowest BCUT2D eigenvalue weighted by Crippen LogP contribution is -2.34. The molecule has 19 heavy (non-hydrogen) atoms. The van der Waals surface area contributed by atoms with Gasteiger partial charge in [0.2, 0.25) is 0 Å². The molecule has 0 saturated carbocycles. The molecule has 0 unspecified atom stereocenters. The number of methoxy groups -OCH3 is 1. The van der Waals surface area contributed by atoms with Crippen LogP contribution in [0.2, 0.25) is 0 Å². The standard InChI is InChI=1S/C11H18N4O4/c1-11(2,3)19-10(17)12-5-6-15-7-8(13-14-15)9(16)18-4/h7H,5-6H2,1-4H3,(H,12,17). The van der Waals surface area contributed by atoms with E-state index >= 15 is 0 Å². The van der Waals surface area contributed by atoms with Gasteiger partial charge in [0.15, 0.2) is 5.69 Å². The Balaban J connectivity index is 2.35. The van der Waals surface area contributed by atoms with Gasteiger partial charge in [-0.1, -0.05) is 5.21 Å². The van der Waals surface area contributed by atoms with Gasteiger partial charge >= 0.3 is 12.1 Å². The third-order valence-electron chi connectivity index (χ3n) is 1.94. The van der Waals surface area contributed by atoms with Gasteiger partial charge in [-0.3, -0.25) is 0 Å². The third-order valence-corrected chi connectivity index (χ3v) is 1.94. The zero-order chi connectivity index (χ0) is 14.5. The Morgan fingerprint density at radius 1 is 1.42 bits per heavy atom. The maximum Gasteiger partial charge on any atom is 0.407 e. The molecular weight excluding hydrogens is 252 g/mol. The number of nitrogens with zero attached hydrogens (tertiary/aromatic N) is 3. The SMILES string of the molecule is COC(=O)c1cn(CCNC(=O)OC(C)(C)C)nn1. The molecule has 0 bridgehead atoms. The molecule has 0 aliphatic carbocycles. The Bertz CT molecular complexity index is 450. The van der Waals surface area contributed by atoms with Gasteiger partial charge in [-0.05, 0) is 20.8 Å². The Morgan fingerprint density at radius 3 is 2.68 bits per heavy atom. The van der Waals surface area contributed by atoms with Crippen molar-refractivity contribution in [2.75, 3.05) is 13.7 Å². The summed E-state index contributed by atoms with van der Waals surface area (Å²) in [5.41, 5.74) is -0.408. The summed E-state index contributed by atoms with van der Waals surface area (Å²) in [4.78, 5) is 22.5. The molecule has 0 saturated heterocycles. The molecule has 0 aromatic carbocycles. The summed E-state index contributed by atoms with van der Waals surface area (Å²) >= 11 is 0. The van der Waals surface area contributed by atoms with E-state index in [1.807, 2.05) is 0 Å². The van der Waals surface area contributed by atoms with E-state index in [9.17, 15) is 9.59 Å². The summed E-state index contributed by atoms with van der Waals surface area (Å²) < 4.78 is 11.0. The molecule has 0 radical (unpaired) electrons. The van der Waals surface area contributed by atoms with Gasteiger partial charge in [-0.15, -0.1) is 5.10 Å². The van der Waals surface area contributed by atoms with Crippen molar-refractivity contribution < 1.29 is 19.1 Å². The van der Waals surface area contributed by atoms with Crippen LogP contribution in [0, 0.1) is 0 Å². The number of rotatable bonds is 4. The monoisotopic (exact) mass is 270 g/mol. The van der Waals surface area contributed by atoms with Crippen LogP contribution in [-0.2, 0) is 16.0 Å². The van der Waals surface area contributed by atoms with Crippen LogP contribution in [0.4, 0.5) is 4.79 Å². The first kappa shape index (κ1) is 14.9. The van der Waals surface area contributed by atoms with Gasteiger partial charge < -0.3 is 14.8 Å². The number of ether oxygens (including phenoxy) is 2. The average molecular weight is 270 g/mol. The van der Waals surface area contributed by atoms with Gasteiger partial charge in [0.25, 0.3) is 0 Å². The fourth-order valence-corrected chi connectivity index (χ4v) is 1.19. The third kappa shape index (κ3) is 5.36. The number of hydrogen-bond acceptors (Lipinski definition) is 6. The smallest absolute Gasteiger partial charge is 0.407 e. The minimum atomic E-state index is -0.550. The lowest BCUT2D eigenvalue weighted by Gasteiger charge is -2.19. The second-order valence-corrected chi connectivity index (χ2v) is 4.79. The number of carbonyl (C=O) groups is 2. The molecule has 1 aromatic heterocycles. The highest BCUT2D eigenvalue weighted by Gasteiger charge is 2.15. The van der Waals surface area contributed by atoms with Crippen molar-refractivity contribution in [3.05, 3.63) is 11.9 Å². The van der Waals surface area contributed by atoms with Gasteiger partial charge in [0, 0.05) is 6.54 Å². The maximum absolute atomic E-state index is 11.4. The lowest BCUT2D eigenvalue weighted by molar-refractivity contribution is 0.0524. The molecule has 8 nitrogen and oxygen atoms in total. The fourth-order valence-electron chi connectivity index (χ4n) is 1.19. The molecule has 1 rings (SSSR count). The number of esters is 1. The highest BCUT2D eigenvalue weighted by Crippen LogP contribution is 2.06. The van der Waals surface area contributed by atoms with E-state index in [0.717, 1.165) is 0 Å². The Kier molecular flexibility index (Phi) is 4.85. The average Bonchev–Trinajstić information content (AvgIpc) is 2.74.